The Morgan fingerprint density at radius 3 is 1.22 bits per heavy atom. The molecule has 0 aliphatic rings. The molecule has 0 spiro atoms. The number of aliphatic hydroxyl groups is 2. The van der Waals surface area contributed by atoms with Crippen LogP contribution in [0.5, 0.6) is 0 Å². The van der Waals surface area contributed by atoms with Gasteiger partial charge in [0.25, 0.3) is 0 Å². The molecule has 0 radical (unpaired) electrons. The molecule has 0 aliphatic carbocycles. The lowest BCUT2D eigenvalue weighted by Crippen LogP contribution is -2.62. The maximum Gasteiger partial charge on any atom is 0.327 e. The average molecular weight is 1250 g/mol. The molecule has 85 heavy (non-hydrogen) atoms. The highest BCUT2D eigenvalue weighted by Gasteiger charge is 2.38. The Morgan fingerprint density at radius 1 is 0.459 bits per heavy atom. The van der Waals surface area contributed by atoms with Gasteiger partial charge in [0, 0.05) is 30.8 Å². The number of aliphatic carboxylic acids is 4. The van der Waals surface area contributed by atoms with Gasteiger partial charge in [-0.2, -0.15) is 25.3 Å². The van der Waals surface area contributed by atoms with Gasteiger partial charge in [0.15, 0.2) is 0 Å². The summed E-state index contributed by atoms with van der Waals surface area (Å²) in [6.45, 7) is 4.84. The Balaban J connectivity index is 6.58. The maximum atomic E-state index is 13.9. The number of hydrogen-bond acceptors (Lipinski definition) is 21. The van der Waals surface area contributed by atoms with Gasteiger partial charge in [-0.1, -0.05) is 34.1 Å². The van der Waals surface area contributed by atoms with Crippen LogP contribution in [0.25, 0.3) is 0 Å². The number of nitrogens with two attached hydrogens (primary N) is 2. The molecule has 480 valence electrons. The Morgan fingerprint density at radius 2 is 0.835 bits per heavy atom. The van der Waals surface area contributed by atoms with Gasteiger partial charge in [0.1, 0.15) is 54.4 Å². The van der Waals surface area contributed by atoms with Crippen LogP contribution in [0.1, 0.15) is 92.4 Å². The first-order chi connectivity index (χ1) is 39.6. The standard InChI is InChI=1S/C48H79N13O22S2/c1-6-21(4)37(46(80)57-28(14-31(50)64)45(79)59-30(19-85)48(82)83)60-47(81)38(22(5)63)61-44(78)26(9-12-36(71)72)56-43(77)25(8-11-35(69)70)55-42(76)24(7-10-34(67)68)53-32(65)15-51-40(74)27(13-20(2)3)54-33(66)16-52-41(75)29(17-62)58-39(73)23(49)18-84/h20-30,37-38,62-63,84-85H,6-19,49H2,1-5H3,(H2,50,64)(H,51,74)(H,52,75)(H,53,65)(H,54,66)(H,55,76)(H,56,77)(H,57,80)(H,58,73)(H,59,79)(H,60,81)(H,61,78)(H,67,68)(H,69,70)(H,71,72)(H,82,83)/t21-,22+,23-,24-,25-,26-,27-,28-,29-,30-,37-,38-/m0/s1. The molecule has 12 amide bonds. The summed E-state index contributed by atoms with van der Waals surface area (Å²) in [4.78, 5) is 204. The number of carboxylic acid groups (broad SMARTS) is 4. The van der Waals surface area contributed by atoms with E-state index in [1.807, 2.05) is 0 Å². The molecule has 0 aromatic rings. The molecule has 0 bridgehead atoms. The first kappa shape index (κ1) is 77.1. The number of rotatable bonds is 42. The van der Waals surface area contributed by atoms with Crippen molar-refractivity contribution >= 4 is 120 Å². The van der Waals surface area contributed by atoms with E-state index in [9.17, 15) is 107 Å². The highest BCUT2D eigenvalue weighted by Crippen LogP contribution is 2.12. The molecule has 21 N–H and O–H groups in total. The van der Waals surface area contributed by atoms with E-state index in [0.29, 0.717) is 0 Å². The third-order valence-electron chi connectivity index (χ3n) is 12.1. The van der Waals surface area contributed by atoms with Crippen molar-refractivity contribution in [1.29, 1.82) is 0 Å². The number of primary amides is 1. The normalized spacial score (nSPS) is 15.2. The van der Waals surface area contributed by atoms with E-state index in [1.54, 1.807) is 20.8 Å². The van der Waals surface area contributed by atoms with Crippen molar-refractivity contribution in [2.24, 2.45) is 23.3 Å². The van der Waals surface area contributed by atoms with E-state index in [2.05, 4.69) is 83.7 Å². The predicted octanol–water partition coefficient (Wildman–Crippen LogP) is -8.21. The van der Waals surface area contributed by atoms with Gasteiger partial charge in [-0.05, 0) is 44.4 Å². The zero-order valence-electron chi connectivity index (χ0n) is 47.2. The van der Waals surface area contributed by atoms with Gasteiger partial charge in [-0.15, -0.1) is 0 Å². The number of carbonyl (C=O) groups excluding carboxylic acids is 12. The Hall–Kier alpha value is -7.90. The molecule has 0 saturated heterocycles. The lowest BCUT2D eigenvalue weighted by molar-refractivity contribution is -0.142. The maximum absolute atomic E-state index is 13.9. The van der Waals surface area contributed by atoms with Gasteiger partial charge < -0.3 is 101 Å². The average Bonchev–Trinajstić information content (AvgIpc) is 3.61. The summed E-state index contributed by atoms with van der Waals surface area (Å²) in [5, 5.41) is 82.3. The van der Waals surface area contributed by atoms with Crippen molar-refractivity contribution in [1.82, 2.24) is 58.5 Å². The van der Waals surface area contributed by atoms with Gasteiger partial charge in [-0.25, -0.2) is 4.79 Å². The Labute approximate surface area is 497 Å². The highest BCUT2D eigenvalue weighted by molar-refractivity contribution is 7.80. The summed E-state index contributed by atoms with van der Waals surface area (Å²) in [5.41, 5.74) is 10.8. The third kappa shape index (κ3) is 30.5. The van der Waals surface area contributed by atoms with Gasteiger partial charge in [-0.3, -0.25) is 71.9 Å². The van der Waals surface area contributed by atoms with Crippen LogP contribution in [0.4, 0.5) is 0 Å². The second-order valence-corrected chi connectivity index (χ2v) is 20.4. The quantitative estimate of drug-likeness (QED) is 0.0252. The molecule has 0 heterocycles. The van der Waals surface area contributed by atoms with Crippen LogP contribution in [0.2, 0.25) is 0 Å². The molecule has 0 aromatic carbocycles. The number of nitrogens with one attached hydrogen (secondary N) is 11. The number of amides is 12. The summed E-state index contributed by atoms with van der Waals surface area (Å²) >= 11 is 7.73. The number of hydrogen-bond donors (Lipinski definition) is 21. The third-order valence-corrected chi connectivity index (χ3v) is 12.9. The SMILES string of the molecule is CC[C@H](C)[C@H](NC(=O)[C@@H](NC(=O)[C@H](CCC(=O)O)NC(=O)[C@H](CCC(=O)O)NC(=O)[C@H](CCC(=O)O)NC(=O)CNC(=O)[C@H](CC(C)C)NC(=O)CNC(=O)[C@H](CO)NC(=O)[C@@H](N)CS)[C@@H](C)O)C(=O)N[C@@H](CC(N)=O)C(=O)N[C@@H](CS)C(=O)O. The summed E-state index contributed by atoms with van der Waals surface area (Å²) in [5.74, 6) is -21.2. The van der Waals surface area contributed by atoms with E-state index in [-0.39, 0.29) is 24.5 Å². The van der Waals surface area contributed by atoms with Gasteiger partial charge in [0.2, 0.25) is 70.9 Å². The largest absolute Gasteiger partial charge is 0.481 e. The first-order valence-corrected chi connectivity index (χ1v) is 27.6. The van der Waals surface area contributed by atoms with Crippen molar-refractivity contribution in [2.75, 3.05) is 31.2 Å². The van der Waals surface area contributed by atoms with Crippen molar-refractivity contribution in [3.8, 4) is 0 Å². The second kappa shape index (κ2) is 39.6. The molecule has 0 unspecified atom stereocenters. The summed E-state index contributed by atoms with van der Waals surface area (Å²) in [6, 6.07) is -16.7. The summed E-state index contributed by atoms with van der Waals surface area (Å²) in [7, 11) is 0. The van der Waals surface area contributed by atoms with E-state index in [1.165, 1.54) is 6.92 Å². The van der Waals surface area contributed by atoms with Crippen molar-refractivity contribution < 1.29 is 107 Å². The minimum absolute atomic E-state index is 0.0357. The number of carboxylic acids is 4. The van der Waals surface area contributed by atoms with Crippen molar-refractivity contribution in [3.63, 3.8) is 0 Å². The molecular formula is C48H79N13O22S2. The smallest absolute Gasteiger partial charge is 0.327 e. The molecule has 0 aromatic heterocycles. The minimum atomic E-state index is -2.02. The van der Waals surface area contributed by atoms with E-state index < -0.39 is 238 Å². The molecule has 0 fully saturated rings. The molecule has 0 saturated carbocycles. The van der Waals surface area contributed by atoms with E-state index >= 15 is 0 Å². The summed E-state index contributed by atoms with van der Waals surface area (Å²) in [6.07, 6.45) is -7.31. The van der Waals surface area contributed by atoms with Crippen LogP contribution >= 0.6 is 25.3 Å². The topological polar surface area (TPSA) is 579 Å². The van der Waals surface area contributed by atoms with E-state index in [4.69, 9.17) is 11.5 Å². The lowest BCUT2D eigenvalue weighted by atomic mass is 9.96. The van der Waals surface area contributed by atoms with Crippen LogP contribution in [0.15, 0.2) is 0 Å². The van der Waals surface area contributed by atoms with Crippen LogP contribution in [0, 0.1) is 11.8 Å². The number of carbonyl (C=O) groups is 16. The molecule has 37 heteroatoms. The number of aliphatic hydroxyl groups excluding tert-OH is 2. The Bertz CT molecular complexity index is 2400. The zero-order valence-corrected chi connectivity index (χ0v) is 49.0. The lowest BCUT2D eigenvalue weighted by Gasteiger charge is -2.30. The fourth-order valence-corrected chi connectivity index (χ4v) is 7.63. The fraction of sp³-hybridized carbons (Fsp3) is 0.667. The van der Waals surface area contributed by atoms with E-state index in [0.717, 1.165) is 6.92 Å². The minimum Gasteiger partial charge on any atom is -0.481 e. The van der Waals surface area contributed by atoms with Crippen LogP contribution in [-0.4, -0.2) is 223 Å². The molecular weight excluding hydrogens is 1170 g/mol. The molecule has 35 nitrogen and oxygen atoms in total. The van der Waals surface area contributed by atoms with Crippen molar-refractivity contribution in [3.05, 3.63) is 0 Å². The molecule has 0 aliphatic heterocycles. The molecule has 12 atom stereocenters. The van der Waals surface area contributed by atoms with Gasteiger partial charge in [0.05, 0.1) is 38.3 Å². The van der Waals surface area contributed by atoms with Crippen LogP contribution in [0.3, 0.4) is 0 Å². The Kier molecular flexibility index (Phi) is 35.9. The van der Waals surface area contributed by atoms with Crippen molar-refractivity contribution in [2.45, 2.75) is 159 Å². The second-order valence-electron chi connectivity index (χ2n) is 19.7. The monoisotopic (exact) mass is 1250 g/mol. The van der Waals surface area contributed by atoms with Gasteiger partial charge >= 0.3 is 23.9 Å². The van der Waals surface area contributed by atoms with Crippen LogP contribution in [-0.2, 0) is 76.7 Å². The molecule has 0 rings (SSSR count). The predicted molar refractivity (Wildman–Crippen MR) is 299 cm³/mol. The highest BCUT2D eigenvalue weighted by atomic mass is 32.1. The summed E-state index contributed by atoms with van der Waals surface area (Å²) < 4.78 is 0. The fourth-order valence-electron chi connectivity index (χ4n) is 7.22. The first-order valence-electron chi connectivity index (χ1n) is 26.3. The van der Waals surface area contributed by atoms with Crippen LogP contribution < -0.4 is 70.0 Å². The zero-order chi connectivity index (χ0) is 65.4. The number of thiol groups is 2.